The maximum atomic E-state index is 11.9. The van der Waals surface area contributed by atoms with E-state index in [1.54, 1.807) is 18.0 Å². The number of nitrogens with one attached hydrogen (secondary N) is 1. The molecule has 1 aromatic rings. The number of nitrogens with zero attached hydrogens (tertiary/aromatic N) is 2. The van der Waals surface area contributed by atoms with Crippen molar-refractivity contribution in [3.63, 3.8) is 0 Å². The van der Waals surface area contributed by atoms with Gasteiger partial charge in [-0.05, 0) is 6.42 Å². The number of rotatable bonds is 6. The van der Waals surface area contributed by atoms with Crippen LogP contribution in [0.2, 0.25) is 0 Å². The average molecular weight is 304 g/mol. The van der Waals surface area contributed by atoms with Gasteiger partial charge in [-0.25, -0.2) is 0 Å². The molecule has 0 aliphatic rings. The highest BCUT2D eigenvalue weighted by Crippen LogP contribution is 2.07. The minimum Gasteiger partial charge on any atom is -0.383 e. The van der Waals surface area contributed by atoms with Crippen molar-refractivity contribution in [1.29, 1.82) is 0 Å². The highest BCUT2D eigenvalue weighted by Gasteiger charge is 2.15. The second kappa shape index (κ2) is 6.76. The summed E-state index contributed by atoms with van der Waals surface area (Å²) < 4.78 is 6.64. The average Bonchev–Trinajstić information content (AvgIpc) is 2.68. The van der Waals surface area contributed by atoms with E-state index in [1.165, 1.54) is 0 Å². The first-order valence-electron chi connectivity index (χ1n) is 5.52. The fourth-order valence-corrected chi connectivity index (χ4v) is 1.95. The van der Waals surface area contributed by atoms with Crippen LogP contribution in [0.1, 0.15) is 23.0 Å². The van der Waals surface area contributed by atoms with Crippen LogP contribution in [0.5, 0.6) is 0 Å². The van der Waals surface area contributed by atoms with E-state index in [2.05, 4.69) is 26.3 Å². The van der Waals surface area contributed by atoms with E-state index < -0.39 is 0 Å². The summed E-state index contributed by atoms with van der Waals surface area (Å²) in [6.07, 6.45) is 2.49. The number of halogens is 1. The first-order chi connectivity index (χ1) is 8.08. The van der Waals surface area contributed by atoms with Crippen LogP contribution in [-0.4, -0.2) is 40.8 Å². The normalized spacial score (nSPS) is 12.5. The third kappa shape index (κ3) is 4.12. The number of amides is 1. The largest absolute Gasteiger partial charge is 0.383 e. The topological polar surface area (TPSA) is 56.2 Å². The molecule has 1 unspecified atom stereocenters. The molecule has 0 bridgehead atoms. The number of carbonyl (C=O) groups excluding carboxylic acids is 1. The maximum Gasteiger partial charge on any atom is 0.254 e. The molecule has 0 saturated carbocycles. The predicted octanol–water partition coefficient (Wildman–Crippen LogP) is 1.12. The molecule has 1 aromatic heterocycles. The molecule has 0 aromatic carbocycles. The van der Waals surface area contributed by atoms with E-state index in [4.69, 9.17) is 4.74 Å². The lowest BCUT2D eigenvalue weighted by Gasteiger charge is -2.09. The Kier molecular flexibility index (Phi) is 5.64. The smallest absolute Gasteiger partial charge is 0.254 e. The lowest BCUT2D eigenvalue weighted by molar-refractivity contribution is 0.0949. The van der Waals surface area contributed by atoms with Gasteiger partial charge in [0, 0.05) is 26.9 Å². The molecule has 0 radical (unpaired) electrons. The number of ether oxygens (including phenoxy) is 1. The Morgan fingerprint density at radius 1 is 1.71 bits per heavy atom. The summed E-state index contributed by atoms with van der Waals surface area (Å²) in [6, 6.07) is 0. The Hall–Kier alpha value is -0.880. The molecule has 1 atom stereocenters. The summed E-state index contributed by atoms with van der Waals surface area (Å²) in [7, 11) is 3.44. The molecule has 1 heterocycles. The Morgan fingerprint density at radius 3 is 3.00 bits per heavy atom. The van der Waals surface area contributed by atoms with Crippen LogP contribution >= 0.6 is 15.9 Å². The van der Waals surface area contributed by atoms with Gasteiger partial charge in [-0.1, -0.05) is 22.9 Å². The third-order valence-electron chi connectivity index (χ3n) is 2.32. The van der Waals surface area contributed by atoms with Crippen molar-refractivity contribution in [3.05, 3.63) is 17.5 Å². The van der Waals surface area contributed by atoms with Crippen molar-refractivity contribution in [1.82, 2.24) is 15.1 Å². The Balaban J connectivity index is 2.57. The predicted molar refractivity (Wildman–Crippen MR) is 69.5 cm³/mol. The van der Waals surface area contributed by atoms with Crippen molar-refractivity contribution < 1.29 is 9.53 Å². The Bertz CT molecular complexity index is 379. The van der Waals surface area contributed by atoms with Gasteiger partial charge in [-0.3, -0.25) is 9.48 Å². The van der Waals surface area contributed by atoms with Crippen LogP contribution in [0.3, 0.4) is 0 Å². The van der Waals surface area contributed by atoms with Crippen LogP contribution in [0.4, 0.5) is 0 Å². The zero-order chi connectivity index (χ0) is 12.8. The van der Waals surface area contributed by atoms with E-state index >= 15 is 0 Å². The van der Waals surface area contributed by atoms with Crippen molar-refractivity contribution in [2.24, 2.45) is 7.05 Å². The van der Waals surface area contributed by atoms with Gasteiger partial charge in [0.25, 0.3) is 5.91 Å². The molecule has 1 rings (SSSR count). The van der Waals surface area contributed by atoms with Crippen LogP contribution in [-0.2, 0) is 18.2 Å². The molecule has 0 aliphatic carbocycles. The molecule has 6 heteroatoms. The van der Waals surface area contributed by atoms with Crippen LogP contribution in [0.15, 0.2) is 6.20 Å². The standard InChI is InChI=1S/C11H18BrN3O2/c1-4-10-9(6-15(2)14-10)11(16)13-5-8(12)7-17-3/h6,8H,4-5,7H2,1-3H3,(H,13,16). The zero-order valence-electron chi connectivity index (χ0n) is 10.4. The van der Waals surface area contributed by atoms with Crippen LogP contribution in [0.25, 0.3) is 0 Å². The number of aromatic nitrogens is 2. The number of carbonyl (C=O) groups is 1. The SMILES string of the molecule is CCc1nn(C)cc1C(=O)NCC(Br)COC. The van der Waals surface area contributed by atoms with Gasteiger partial charge in [0.05, 0.1) is 22.7 Å². The van der Waals surface area contributed by atoms with Crippen molar-refractivity contribution in [2.45, 2.75) is 18.2 Å². The number of methoxy groups -OCH3 is 1. The quantitative estimate of drug-likeness (QED) is 0.801. The first kappa shape index (κ1) is 14.2. The zero-order valence-corrected chi connectivity index (χ0v) is 12.0. The number of alkyl halides is 1. The minimum atomic E-state index is -0.0875. The van der Waals surface area contributed by atoms with E-state index in [0.717, 1.165) is 12.1 Å². The van der Waals surface area contributed by atoms with Gasteiger partial charge >= 0.3 is 0 Å². The van der Waals surface area contributed by atoms with E-state index in [9.17, 15) is 4.79 Å². The van der Waals surface area contributed by atoms with Gasteiger partial charge < -0.3 is 10.1 Å². The molecule has 0 aliphatic heterocycles. The highest BCUT2D eigenvalue weighted by atomic mass is 79.9. The van der Waals surface area contributed by atoms with Crippen molar-refractivity contribution in [3.8, 4) is 0 Å². The molecule has 5 nitrogen and oxygen atoms in total. The second-order valence-corrected chi connectivity index (χ2v) is 5.07. The van der Waals surface area contributed by atoms with Gasteiger partial charge in [-0.15, -0.1) is 0 Å². The summed E-state index contributed by atoms with van der Waals surface area (Å²) in [6.45, 7) is 3.08. The highest BCUT2D eigenvalue weighted by molar-refractivity contribution is 9.09. The lowest BCUT2D eigenvalue weighted by atomic mass is 10.2. The second-order valence-electron chi connectivity index (χ2n) is 3.78. The Labute approximate surface area is 110 Å². The minimum absolute atomic E-state index is 0.0875. The summed E-state index contributed by atoms with van der Waals surface area (Å²) in [5.41, 5.74) is 1.47. The van der Waals surface area contributed by atoms with Gasteiger partial charge in [0.15, 0.2) is 0 Å². The third-order valence-corrected chi connectivity index (χ3v) is 2.90. The molecular weight excluding hydrogens is 286 g/mol. The number of hydrogen-bond donors (Lipinski definition) is 1. The van der Waals surface area contributed by atoms with Gasteiger partial charge in [0.2, 0.25) is 0 Å². The van der Waals surface area contributed by atoms with E-state index in [0.29, 0.717) is 18.7 Å². The molecular formula is C11H18BrN3O2. The maximum absolute atomic E-state index is 11.9. The molecule has 0 spiro atoms. The van der Waals surface area contributed by atoms with E-state index in [-0.39, 0.29) is 10.7 Å². The number of hydrogen-bond acceptors (Lipinski definition) is 3. The number of aryl methyl sites for hydroxylation is 2. The molecule has 96 valence electrons. The summed E-state index contributed by atoms with van der Waals surface area (Å²) in [5, 5.41) is 7.09. The van der Waals surface area contributed by atoms with Crippen LogP contribution < -0.4 is 5.32 Å². The van der Waals surface area contributed by atoms with Crippen molar-refractivity contribution >= 4 is 21.8 Å². The summed E-state index contributed by atoms with van der Waals surface area (Å²) in [4.78, 5) is 12.0. The van der Waals surface area contributed by atoms with Gasteiger partial charge in [-0.2, -0.15) is 5.10 Å². The van der Waals surface area contributed by atoms with Crippen LogP contribution in [0, 0.1) is 0 Å². The molecule has 17 heavy (non-hydrogen) atoms. The first-order valence-corrected chi connectivity index (χ1v) is 6.43. The van der Waals surface area contributed by atoms with E-state index in [1.807, 2.05) is 14.0 Å². The Morgan fingerprint density at radius 2 is 2.41 bits per heavy atom. The van der Waals surface area contributed by atoms with Gasteiger partial charge in [0.1, 0.15) is 0 Å². The van der Waals surface area contributed by atoms with Crippen molar-refractivity contribution in [2.75, 3.05) is 20.3 Å². The fraction of sp³-hybridized carbons (Fsp3) is 0.636. The molecule has 0 saturated heterocycles. The molecule has 1 amide bonds. The molecule has 0 fully saturated rings. The summed E-state index contributed by atoms with van der Waals surface area (Å²) in [5.74, 6) is -0.0875. The monoisotopic (exact) mass is 303 g/mol. The molecule has 1 N–H and O–H groups in total. The summed E-state index contributed by atoms with van der Waals surface area (Å²) >= 11 is 3.42. The lowest BCUT2D eigenvalue weighted by Crippen LogP contribution is -2.31. The fourth-order valence-electron chi connectivity index (χ4n) is 1.52.